The van der Waals surface area contributed by atoms with Crippen molar-refractivity contribution in [3.05, 3.63) is 71.2 Å². The first-order valence-electron chi connectivity index (χ1n) is 7.31. The van der Waals surface area contributed by atoms with Crippen LogP contribution in [0.3, 0.4) is 0 Å². The molecule has 3 rings (SSSR count). The van der Waals surface area contributed by atoms with E-state index in [1.54, 1.807) is 12.4 Å². The number of aromatic nitrogens is 3. The summed E-state index contributed by atoms with van der Waals surface area (Å²) in [6, 6.07) is 13.6. The summed E-state index contributed by atoms with van der Waals surface area (Å²) in [5, 5.41) is 3.65. The van der Waals surface area contributed by atoms with E-state index >= 15 is 0 Å². The van der Waals surface area contributed by atoms with Crippen LogP contribution in [0.15, 0.2) is 70.7 Å². The average Bonchev–Trinajstić information content (AvgIpc) is 3.08. The van der Waals surface area contributed by atoms with Crippen LogP contribution < -0.4 is 5.32 Å². The van der Waals surface area contributed by atoms with Gasteiger partial charge in [-0.3, -0.25) is 14.3 Å². The van der Waals surface area contributed by atoms with Crippen molar-refractivity contribution in [3.63, 3.8) is 0 Å². The number of benzene rings is 1. The summed E-state index contributed by atoms with van der Waals surface area (Å²) in [5.74, 6) is 0.261. The first-order chi connectivity index (χ1) is 11.7. The number of pyridine rings is 1. The Balaban J connectivity index is 1.56. The number of thioether (sulfide) groups is 1. The Morgan fingerprint density at radius 3 is 2.71 bits per heavy atom. The highest BCUT2D eigenvalue weighted by molar-refractivity contribution is 9.10. The lowest BCUT2D eigenvalue weighted by Gasteiger charge is -2.08. The zero-order chi connectivity index (χ0) is 16.8. The molecule has 0 saturated carbocycles. The second-order valence-electron chi connectivity index (χ2n) is 4.94. The number of nitrogens with zero attached hydrogens (tertiary/aromatic N) is 3. The molecule has 7 heteroatoms. The van der Waals surface area contributed by atoms with Gasteiger partial charge in [-0.25, -0.2) is 4.98 Å². The normalized spacial score (nSPS) is 10.5. The Morgan fingerprint density at radius 1 is 1.12 bits per heavy atom. The number of halogens is 1. The fraction of sp³-hybridized carbons (Fsp3) is 0.118. The summed E-state index contributed by atoms with van der Waals surface area (Å²) in [6.45, 7) is 0.432. The van der Waals surface area contributed by atoms with Crippen LogP contribution in [0.25, 0.3) is 5.69 Å². The molecule has 0 aliphatic rings. The molecule has 0 fully saturated rings. The number of hydrogen-bond acceptors (Lipinski definition) is 4. The third-order valence-electron chi connectivity index (χ3n) is 3.24. The summed E-state index contributed by atoms with van der Waals surface area (Å²) in [5.41, 5.74) is 1.85. The lowest BCUT2D eigenvalue weighted by atomic mass is 10.3. The van der Waals surface area contributed by atoms with Gasteiger partial charge in [0.2, 0.25) is 5.91 Å². The van der Waals surface area contributed by atoms with Crippen LogP contribution in [0, 0.1) is 0 Å². The second-order valence-corrected chi connectivity index (χ2v) is 6.80. The molecule has 1 N–H and O–H groups in total. The number of carbonyl (C=O) groups excluding carboxylic acids is 1. The minimum atomic E-state index is -0.0454. The van der Waals surface area contributed by atoms with Gasteiger partial charge >= 0.3 is 0 Å². The molecule has 0 atom stereocenters. The molecule has 0 radical (unpaired) electrons. The Morgan fingerprint density at radius 2 is 1.96 bits per heavy atom. The molecule has 5 nitrogen and oxygen atoms in total. The average molecular weight is 403 g/mol. The number of amides is 1. The van der Waals surface area contributed by atoms with Gasteiger partial charge in [-0.2, -0.15) is 0 Å². The molecule has 0 unspecified atom stereocenters. The Labute approximate surface area is 152 Å². The topological polar surface area (TPSA) is 59.8 Å². The van der Waals surface area contributed by atoms with Crippen LogP contribution in [-0.2, 0) is 11.3 Å². The van der Waals surface area contributed by atoms with Crippen LogP contribution in [0.1, 0.15) is 5.69 Å². The van der Waals surface area contributed by atoms with Crippen molar-refractivity contribution in [2.75, 3.05) is 5.75 Å². The largest absolute Gasteiger partial charge is 0.350 e. The van der Waals surface area contributed by atoms with Gasteiger partial charge < -0.3 is 5.32 Å². The quantitative estimate of drug-likeness (QED) is 0.641. The molecule has 122 valence electrons. The Bertz CT molecular complexity index is 805. The fourth-order valence-corrected chi connectivity index (χ4v) is 3.14. The van der Waals surface area contributed by atoms with Crippen LogP contribution in [-0.4, -0.2) is 26.2 Å². The molecule has 0 spiro atoms. The number of rotatable bonds is 6. The van der Waals surface area contributed by atoms with Crippen molar-refractivity contribution >= 4 is 33.6 Å². The van der Waals surface area contributed by atoms with E-state index in [0.717, 1.165) is 21.0 Å². The summed E-state index contributed by atoms with van der Waals surface area (Å²) in [6.07, 6.45) is 5.33. The third-order valence-corrected chi connectivity index (χ3v) is 4.73. The zero-order valence-corrected chi connectivity index (χ0v) is 15.1. The van der Waals surface area contributed by atoms with E-state index in [1.165, 1.54) is 11.8 Å². The standard InChI is InChI=1S/C17H15BrN4OS/c18-13-4-6-15(7-5-13)22-10-9-20-17(22)24-12-16(23)21-11-14-3-1-2-8-19-14/h1-10H,11-12H2,(H,21,23). The van der Waals surface area contributed by atoms with Crippen molar-refractivity contribution in [1.82, 2.24) is 19.9 Å². The van der Waals surface area contributed by atoms with Gasteiger partial charge in [0.1, 0.15) is 0 Å². The van der Waals surface area contributed by atoms with E-state index in [9.17, 15) is 4.79 Å². The van der Waals surface area contributed by atoms with E-state index in [2.05, 4.69) is 31.2 Å². The molecule has 3 aromatic rings. The molecule has 2 heterocycles. The molecular weight excluding hydrogens is 388 g/mol. The number of imidazole rings is 1. The highest BCUT2D eigenvalue weighted by Crippen LogP contribution is 2.21. The van der Waals surface area contributed by atoms with E-state index in [4.69, 9.17) is 0 Å². The maximum atomic E-state index is 12.0. The monoisotopic (exact) mass is 402 g/mol. The lowest BCUT2D eigenvalue weighted by Crippen LogP contribution is -2.25. The SMILES string of the molecule is O=C(CSc1nccn1-c1ccc(Br)cc1)NCc1ccccn1. The molecule has 0 aliphatic carbocycles. The van der Waals surface area contributed by atoms with Crippen LogP contribution >= 0.6 is 27.7 Å². The molecule has 0 saturated heterocycles. The molecule has 1 amide bonds. The van der Waals surface area contributed by atoms with Gasteiger partial charge in [-0.05, 0) is 36.4 Å². The predicted molar refractivity (Wildman–Crippen MR) is 98.1 cm³/mol. The summed E-state index contributed by atoms with van der Waals surface area (Å²) >= 11 is 4.83. The minimum Gasteiger partial charge on any atom is -0.350 e. The van der Waals surface area contributed by atoms with E-state index in [0.29, 0.717) is 12.3 Å². The first kappa shape index (κ1) is 16.7. The fourth-order valence-electron chi connectivity index (χ4n) is 2.07. The van der Waals surface area contributed by atoms with Crippen LogP contribution in [0.5, 0.6) is 0 Å². The second kappa shape index (κ2) is 8.12. The van der Waals surface area contributed by atoms with E-state index in [-0.39, 0.29) is 5.91 Å². The van der Waals surface area contributed by atoms with Crippen molar-refractivity contribution in [2.24, 2.45) is 0 Å². The van der Waals surface area contributed by atoms with E-state index < -0.39 is 0 Å². The summed E-state index contributed by atoms with van der Waals surface area (Å²) < 4.78 is 2.98. The van der Waals surface area contributed by atoms with Gasteiger partial charge in [-0.15, -0.1) is 0 Å². The minimum absolute atomic E-state index is 0.0454. The maximum Gasteiger partial charge on any atom is 0.230 e. The molecular formula is C17H15BrN4OS. The van der Waals surface area contributed by atoms with Crippen molar-refractivity contribution in [2.45, 2.75) is 11.7 Å². The van der Waals surface area contributed by atoms with Crippen LogP contribution in [0.2, 0.25) is 0 Å². The van der Waals surface area contributed by atoms with Gasteiger partial charge in [-0.1, -0.05) is 33.8 Å². The highest BCUT2D eigenvalue weighted by atomic mass is 79.9. The number of hydrogen-bond donors (Lipinski definition) is 1. The molecule has 2 aromatic heterocycles. The number of carbonyl (C=O) groups is 1. The van der Waals surface area contributed by atoms with Gasteiger partial charge in [0.15, 0.2) is 5.16 Å². The molecule has 24 heavy (non-hydrogen) atoms. The lowest BCUT2D eigenvalue weighted by molar-refractivity contribution is -0.118. The maximum absolute atomic E-state index is 12.0. The summed E-state index contributed by atoms with van der Waals surface area (Å²) in [7, 11) is 0. The smallest absolute Gasteiger partial charge is 0.230 e. The molecule has 0 aliphatic heterocycles. The van der Waals surface area contributed by atoms with Crippen molar-refractivity contribution in [1.29, 1.82) is 0 Å². The van der Waals surface area contributed by atoms with E-state index in [1.807, 2.05) is 53.2 Å². The van der Waals surface area contributed by atoms with Crippen LogP contribution in [0.4, 0.5) is 0 Å². The van der Waals surface area contributed by atoms with Crippen molar-refractivity contribution in [3.8, 4) is 5.69 Å². The zero-order valence-electron chi connectivity index (χ0n) is 12.7. The van der Waals surface area contributed by atoms with Gasteiger partial charge in [0.25, 0.3) is 0 Å². The Hall–Kier alpha value is -2.12. The molecule has 1 aromatic carbocycles. The predicted octanol–water partition coefficient (Wildman–Crippen LogP) is 3.44. The highest BCUT2D eigenvalue weighted by Gasteiger charge is 2.09. The van der Waals surface area contributed by atoms with Gasteiger partial charge in [0, 0.05) is 28.8 Å². The van der Waals surface area contributed by atoms with Gasteiger partial charge in [0.05, 0.1) is 18.0 Å². The Kier molecular flexibility index (Phi) is 5.66. The third kappa shape index (κ3) is 4.46. The molecule has 0 bridgehead atoms. The van der Waals surface area contributed by atoms with Crippen molar-refractivity contribution < 1.29 is 4.79 Å². The summed E-state index contributed by atoms with van der Waals surface area (Å²) in [4.78, 5) is 20.5. The number of nitrogens with one attached hydrogen (secondary N) is 1. The first-order valence-corrected chi connectivity index (χ1v) is 9.09.